The van der Waals surface area contributed by atoms with Gasteiger partial charge >= 0.3 is 0 Å². The molecule has 0 amide bonds. The molecule has 1 heterocycles. The third-order valence-electron chi connectivity index (χ3n) is 3.49. The number of hydrazine groups is 1. The number of aromatic nitrogens is 2. The first-order chi connectivity index (χ1) is 9.31. The maximum Gasteiger partial charge on any atom is 0.191 e. The van der Waals surface area contributed by atoms with Gasteiger partial charge < -0.3 is 10.7 Å². The van der Waals surface area contributed by atoms with Crippen molar-refractivity contribution in [3.8, 4) is 0 Å². The van der Waals surface area contributed by atoms with E-state index in [1.165, 1.54) is 56.7 Å². The number of anilines is 2. The zero-order chi connectivity index (χ0) is 13.5. The van der Waals surface area contributed by atoms with Crippen LogP contribution in [0.25, 0.3) is 0 Å². The van der Waals surface area contributed by atoms with Gasteiger partial charge in [0.15, 0.2) is 5.16 Å². The summed E-state index contributed by atoms with van der Waals surface area (Å²) in [4.78, 5) is 8.77. The zero-order valence-electron chi connectivity index (χ0n) is 11.5. The van der Waals surface area contributed by atoms with E-state index < -0.39 is 0 Å². The Hall–Kier alpha value is -1.01. The molecule has 0 aliphatic heterocycles. The Morgan fingerprint density at radius 3 is 2.37 bits per heavy atom. The van der Waals surface area contributed by atoms with Crippen LogP contribution in [0.4, 0.5) is 11.6 Å². The van der Waals surface area contributed by atoms with Crippen molar-refractivity contribution in [3.63, 3.8) is 0 Å². The molecule has 6 heteroatoms. The number of hydrogen-bond acceptors (Lipinski definition) is 6. The highest BCUT2D eigenvalue weighted by molar-refractivity contribution is 7.98. The predicted octanol–water partition coefficient (Wildman–Crippen LogP) is 3.01. The van der Waals surface area contributed by atoms with Crippen LogP contribution in [0.15, 0.2) is 11.2 Å². The average molecular weight is 281 g/mol. The normalized spacial score (nSPS) is 17.6. The molecule has 106 valence electrons. The molecule has 1 aromatic heterocycles. The summed E-state index contributed by atoms with van der Waals surface area (Å²) in [5.41, 5.74) is 2.60. The van der Waals surface area contributed by atoms with Crippen LogP contribution in [-0.2, 0) is 0 Å². The summed E-state index contributed by atoms with van der Waals surface area (Å²) in [7, 11) is 0. The van der Waals surface area contributed by atoms with E-state index >= 15 is 0 Å². The van der Waals surface area contributed by atoms with Crippen molar-refractivity contribution < 1.29 is 0 Å². The van der Waals surface area contributed by atoms with Gasteiger partial charge in [-0.1, -0.05) is 43.9 Å². The Bertz CT molecular complexity index is 368. The number of nitrogens with two attached hydrogens (primary N) is 1. The average Bonchev–Trinajstić information content (AvgIpc) is 2.41. The van der Waals surface area contributed by atoms with Crippen LogP contribution in [0.2, 0.25) is 0 Å². The van der Waals surface area contributed by atoms with Gasteiger partial charge in [-0.3, -0.25) is 0 Å². The maximum atomic E-state index is 5.44. The van der Waals surface area contributed by atoms with E-state index in [0.717, 1.165) is 11.0 Å². The van der Waals surface area contributed by atoms with E-state index in [4.69, 9.17) is 5.84 Å². The summed E-state index contributed by atoms with van der Waals surface area (Å²) in [6.07, 6.45) is 11.1. The molecule has 1 aromatic rings. The first-order valence-corrected chi connectivity index (χ1v) is 8.20. The third-order valence-corrected chi connectivity index (χ3v) is 4.04. The molecular weight excluding hydrogens is 258 g/mol. The standard InChI is InChI=1S/C13H23N5S/c1-19-13-16-11(9-12(17-13)18-14)15-10-7-5-3-2-4-6-8-10/h9-10H,2-8,14H2,1H3,(H2,15,16,17,18). The topological polar surface area (TPSA) is 75.9 Å². The van der Waals surface area contributed by atoms with Crippen molar-refractivity contribution in [2.24, 2.45) is 5.84 Å². The van der Waals surface area contributed by atoms with E-state index in [9.17, 15) is 0 Å². The first-order valence-electron chi connectivity index (χ1n) is 6.98. The van der Waals surface area contributed by atoms with Crippen LogP contribution < -0.4 is 16.6 Å². The van der Waals surface area contributed by atoms with Gasteiger partial charge in [0.1, 0.15) is 11.6 Å². The molecule has 4 N–H and O–H groups in total. The lowest BCUT2D eigenvalue weighted by Crippen LogP contribution is -2.22. The van der Waals surface area contributed by atoms with Crippen molar-refractivity contribution in [2.75, 3.05) is 17.0 Å². The molecule has 19 heavy (non-hydrogen) atoms. The van der Waals surface area contributed by atoms with Crippen LogP contribution in [0.3, 0.4) is 0 Å². The molecule has 0 unspecified atom stereocenters. The van der Waals surface area contributed by atoms with E-state index in [2.05, 4.69) is 20.7 Å². The minimum atomic E-state index is 0.524. The van der Waals surface area contributed by atoms with E-state index in [-0.39, 0.29) is 0 Å². The Morgan fingerprint density at radius 1 is 1.11 bits per heavy atom. The van der Waals surface area contributed by atoms with Gasteiger partial charge in [-0.05, 0) is 19.1 Å². The zero-order valence-corrected chi connectivity index (χ0v) is 12.3. The lowest BCUT2D eigenvalue weighted by atomic mass is 9.97. The largest absolute Gasteiger partial charge is 0.367 e. The Balaban J connectivity index is 2.03. The van der Waals surface area contributed by atoms with Gasteiger partial charge in [0.2, 0.25) is 0 Å². The van der Waals surface area contributed by atoms with Crippen LogP contribution in [0.1, 0.15) is 44.9 Å². The fourth-order valence-electron chi connectivity index (χ4n) is 2.47. The number of rotatable bonds is 4. The quantitative estimate of drug-likeness (QED) is 0.341. The summed E-state index contributed by atoms with van der Waals surface area (Å²) in [6.45, 7) is 0. The summed E-state index contributed by atoms with van der Waals surface area (Å²) in [5, 5.41) is 4.28. The highest BCUT2D eigenvalue weighted by Gasteiger charge is 2.12. The maximum absolute atomic E-state index is 5.44. The minimum absolute atomic E-state index is 0.524. The monoisotopic (exact) mass is 281 g/mol. The third kappa shape index (κ3) is 4.54. The second-order valence-corrected chi connectivity index (χ2v) is 5.73. The van der Waals surface area contributed by atoms with Gasteiger partial charge in [0.05, 0.1) is 0 Å². The molecule has 1 aliphatic rings. The second-order valence-electron chi connectivity index (χ2n) is 4.96. The van der Waals surface area contributed by atoms with Crippen LogP contribution in [0, 0.1) is 0 Å². The molecule has 1 aliphatic carbocycles. The molecule has 0 saturated heterocycles. The highest BCUT2D eigenvalue weighted by atomic mass is 32.2. The van der Waals surface area contributed by atoms with Crippen LogP contribution in [-0.4, -0.2) is 22.3 Å². The van der Waals surface area contributed by atoms with Crippen molar-refractivity contribution in [1.82, 2.24) is 9.97 Å². The van der Waals surface area contributed by atoms with Crippen molar-refractivity contribution in [2.45, 2.75) is 56.1 Å². The van der Waals surface area contributed by atoms with Crippen LogP contribution in [0.5, 0.6) is 0 Å². The Kier molecular flexibility index (Phi) is 5.72. The number of thioether (sulfide) groups is 1. The van der Waals surface area contributed by atoms with Gasteiger partial charge in [-0.2, -0.15) is 0 Å². The smallest absolute Gasteiger partial charge is 0.191 e. The minimum Gasteiger partial charge on any atom is -0.367 e. The van der Waals surface area contributed by atoms with E-state index in [1.807, 2.05) is 12.3 Å². The Labute approximate surface area is 119 Å². The van der Waals surface area contributed by atoms with Gasteiger partial charge in [0.25, 0.3) is 0 Å². The summed E-state index contributed by atoms with van der Waals surface area (Å²) in [6, 6.07) is 2.40. The Morgan fingerprint density at radius 2 is 1.74 bits per heavy atom. The number of nitrogens with zero attached hydrogens (tertiary/aromatic N) is 2. The van der Waals surface area contributed by atoms with E-state index in [0.29, 0.717) is 11.9 Å². The summed E-state index contributed by atoms with van der Waals surface area (Å²) < 4.78 is 0. The fourth-order valence-corrected chi connectivity index (χ4v) is 2.85. The highest BCUT2D eigenvalue weighted by Crippen LogP contribution is 2.22. The van der Waals surface area contributed by atoms with Crippen LogP contribution >= 0.6 is 11.8 Å². The molecule has 0 atom stereocenters. The molecule has 0 bridgehead atoms. The second kappa shape index (κ2) is 7.55. The lowest BCUT2D eigenvalue weighted by Gasteiger charge is -2.21. The van der Waals surface area contributed by atoms with Crippen molar-refractivity contribution in [3.05, 3.63) is 6.07 Å². The van der Waals surface area contributed by atoms with Crippen molar-refractivity contribution >= 4 is 23.4 Å². The molecule has 0 aromatic carbocycles. The molecule has 1 fully saturated rings. The molecule has 2 rings (SSSR count). The predicted molar refractivity (Wildman–Crippen MR) is 81.4 cm³/mol. The number of hydrogen-bond donors (Lipinski definition) is 3. The molecule has 0 radical (unpaired) electrons. The first kappa shape index (κ1) is 14.4. The number of nitrogen functional groups attached to an aromatic ring is 1. The molecule has 5 nitrogen and oxygen atoms in total. The van der Waals surface area contributed by atoms with E-state index in [1.54, 1.807) is 0 Å². The number of nitrogens with one attached hydrogen (secondary N) is 2. The molecular formula is C13H23N5S. The van der Waals surface area contributed by atoms with Gasteiger partial charge in [0, 0.05) is 12.1 Å². The van der Waals surface area contributed by atoms with Crippen molar-refractivity contribution in [1.29, 1.82) is 0 Å². The fraction of sp³-hybridized carbons (Fsp3) is 0.692. The summed E-state index contributed by atoms with van der Waals surface area (Å²) >= 11 is 1.52. The van der Waals surface area contributed by atoms with Gasteiger partial charge in [-0.25, -0.2) is 15.8 Å². The molecule has 1 saturated carbocycles. The summed E-state index contributed by atoms with van der Waals surface area (Å²) in [5.74, 6) is 6.98. The molecule has 0 spiro atoms. The SMILES string of the molecule is CSc1nc(NN)cc(NC2CCCCCCC2)n1. The lowest BCUT2D eigenvalue weighted by molar-refractivity contribution is 0.470. The van der Waals surface area contributed by atoms with Gasteiger partial charge in [-0.15, -0.1) is 0 Å².